The van der Waals surface area contributed by atoms with Crippen molar-refractivity contribution in [3.63, 3.8) is 0 Å². The minimum Gasteiger partial charge on any atom is -0.396 e. The summed E-state index contributed by atoms with van der Waals surface area (Å²) in [6, 6.07) is -0.494. The Kier molecular flexibility index (Phi) is 3.41. The van der Waals surface area contributed by atoms with Crippen LogP contribution in [0.1, 0.15) is 33.6 Å². The van der Waals surface area contributed by atoms with E-state index in [9.17, 15) is 4.79 Å². The molecule has 0 aromatic carbocycles. The van der Waals surface area contributed by atoms with E-state index in [1.807, 2.05) is 20.8 Å². The molecule has 0 aliphatic heterocycles. The van der Waals surface area contributed by atoms with Crippen molar-refractivity contribution in [3.8, 4) is 0 Å². The monoisotopic (exact) mass is 214 g/mol. The first-order chi connectivity index (χ1) is 6.81. The Bertz CT molecular complexity index is 241. The second-order valence-electron chi connectivity index (χ2n) is 5.72. The first kappa shape index (κ1) is 12.5. The van der Waals surface area contributed by atoms with Crippen LogP contribution in [0.4, 0.5) is 0 Å². The van der Waals surface area contributed by atoms with Gasteiger partial charge in [0.2, 0.25) is 5.91 Å². The smallest absolute Gasteiger partial charge is 0.237 e. The predicted molar refractivity (Wildman–Crippen MR) is 59.2 cm³/mol. The topological polar surface area (TPSA) is 75.4 Å². The number of amides is 1. The summed E-state index contributed by atoms with van der Waals surface area (Å²) in [7, 11) is 0. The molecule has 4 heteroatoms. The van der Waals surface area contributed by atoms with Gasteiger partial charge in [-0.15, -0.1) is 0 Å². The van der Waals surface area contributed by atoms with Gasteiger partial charge in [-0.3, -0.25) is 4.79 Å². The van der Waals surface area contributed by atoms with Gasteiger partial charge in [-0.25, -0.2) is 0 Å². The van der Waals surface area contributed by atoms with Crippen LogP contribution in [0.5, 0.6) is 0 Å². The summed E-state index contributed by atoms with van der Waals surface area (Å²) in [5.41, 5.74) is 5.54. The Labute approximate surface area is 91.2 Å². The zero-order chi connectivity index (χ0) is 11.7. The molecule has 1 fully saturated rings. The van der Waals surface area contributed by atoms with E-state index in [-0.39, 0.29) is 23.3 Å². The van der Waals surface area contributed by atoms with Crippen LogP contribution in [0.15, 0.2) is 0 Å². The van der Waals surface area contributed by atoms with Crippen molar-refractivity contribution in [1.29, 1.82) is 0 Å². The summed E-state index contributed by atoms with van der Waals surface area (Å²) in [4.78, 5) is 11.7. The number of aliphatic hydroxyl groups is 1. The lowest BCUT2D eigenvalue weighted by atomic mass is 9.87. The van der Waals surface area contributed by atoms with E-state index < -0.39 is 6.04 Å². The van der Waals surface area contributed by atoms with Crippen molar-refractivity contribution in [2.24, 2.45) is 16.6 Å². The molecule has 4 N–H and O–H groups in total. The van der Waals surface area contributed by atoms with Crippen LogP contribution in [-0.4, -0.2) is 30.2 Å². The molecule has 1 aliphatic carbocycles. The van der Waals surface area contributed by atoms with Crippen molar-refractivity contribution in [2.75, 3.05) is 13.2 Å². The van der Waals surface area contributed by atoms with E-state index in [1.54, 1.807) is 0 Å². The number of carbonyl (C=O) groups is 1. The van der Waals surface area contributed by atoms with E-state index >= 15 is 0 Å². The molecule has 1 saturated carbocycles. The van der Waals surface area contributed by atoms with Crippen LogP contribution in [0.3, 0.4) is 0 Å². The van der Waals surface area contributed by atoms with Gasteiger partial charge in [0.15, 0.2) is 0 Å². The molecule has 1 amide bonds. The quantitative estimate of drug-likeness (QED) is 0.628. The first-order valence-corrected chi connectivity index (χ1v) is 5.45. The Balaban J connectivity index is 2.36. The maximum Gasteiger partial charge on any atom is 0.237 e. The SMILES string of the molecule is CC(C)(C)[C@@H](N)C(=O)NCC1(CO)CC1. The molecule has 4 nitrogen and oxygen atoms in total. The summed E-state index contributed by atoms with van der Waals surface area (Å²) in [6.45, 7) is 6.52. The van der Waals surface area contributed by atoms with Gasteiger partial charge in [-0.1, -0.05) is 20.8 Å². The molecule has 88 valence electrons. The second-order valence-corrected chi connectivity index (χ2v) is 5.72. The highest BCUT2D eigenvalue weighted by atomic mass is 16.3. The summed E-state index contributed by atoms with van der Waals surface area (Å²) in [5.74, 6) is -0.123. The largest absolute Gasteiger partial charge is 0.396 e. The molecule has 0 unspecified atom stereocenters. The molecular weight excluding hydrogens is 192 g/mol. The van der Waals surface area contributed by atoms with E-state index in [0.717, 1.165) is 12.8 Å². The zero-order valence-electron chi connectivity index (χ0n) is 9.84. The normalized spacial score (nSPS) is 20.9. The fraction of sp³-hybridized carbons (Fsp3) is 0.909. The van der Waals surface area contributed by atoms with Gasteiger partial charge in [0.1, 0.15) is 0 Å². The lowest BCUT2D eigenvalue weighted by Crippen LogP contribution is -2.50. The molecule has 1 atom stereocenters. The molecule has 0 heterocycles. The van der Waals surface area contributed by atoms with Gasteiger partial charge in [-0.05, 0) is 18.3 Å². The molecule has 15 heavy (non-hydrogen) atoms. The maximum absolute atomic E-state index is 11.7. The van der Waals surface area contributed by atoms with Crippen LogP contribution in [0.2, 0.25) is 0 Å². The number of nitrogens with one attached hydrogen (secondary N) is 1. The first-order valence-electron chi connectivity index (χ1n) is 5.45. The maximum atomic E-state index is 11.7. The fourth-order valence-electron chi connectivity index (χ4n) is 1.35. The number of rotatable bonds is 4. The number of hydrogen-bond donors (Lipinski definition) is 3. The van der Waals surface area contributed by atoms with E-state index in [4.69, 9.17) is 10.8 Å². The number of nitrogens with two attached hydrogens (primary N) is 1. The number of aliphatic hydroxyl groups excluding tert-OH is 1. The molecule has 0 aromatic heterocycles. The third-order valence-electron chi connectivity index (χ3n) is 3.15. The second kappa shape index (κ2) is 4.10. The lowest BCUT2D eigenvalue weighted by molar-refractivity contribution is -0.124. The summed E-state index contributed by atoms with van der Waals surface area (Å²) in [5, 5.41) is 11.9. The predicted octanol–water partition coefficient (Wildman–Crippen LogP) is 0.249. The molecule has 1 aliphatic rings. The molecule has 0 aromatic rings. The Morgan fingerprint density at radius 2 is 2.07 bits per heavy atom. The Hall–Kier alpha value is -0.610. The van der Waals surface area contributed by atoms with Gasteiger partial charge < -0.3 is 16.2 Å². The van der Waals surface area contributed by atoms with Crippen molar-refractivity contribution in [1.82, 2.24) is 5.32 Å². The van der Waals surface area contributed by atoms with E-state index in [2.05, 4.69) is 5.32 Å². The van der Waals surface area contributed by atoms with Crippen molar-refractivity contribution < 1.29 is 9.90 Å². The highest BCUT2D eigenvalue weighted by Gasteiger charge is 2.42. The van der Waals surface area contributed by atoms with Crippen LogP contribution >= 0.6 is 0 Å². The molecule has 0 bridgehead atoms. The van der Waals surface area contributed by atoms with Crippen molar-refractivity contribution >= 4 is 5.91 Å². The highest BCUT2D eigenvalue weighted by Crippen LogP contribution is 2.44. The average Bonchev–Trinajstić information content (AvgIpc) is 2.92. The van der Waals surface area contributed by atoms with Gasteiger partial charge >= 0.3 is 0 Å². The molecular formula is C11H22N2O2. The van der Waals surface area contributed by atoms with Crippen molar-refractivity contribution in [3.05, 3.63) is 0 Å². The molecule has 1 rings (SSSR count). The third kappa shape index (κ3) is 3.18. The van der Waals surface area contributed by atoms with Crippen LogP contribution < -0.4 is 11.1 Å². The summed E-state index contributed by atoms with van der Waals surface area (Å²) < 4.78 is 0. The van der Waals surface area contributed by atoms with Crippen LogP contribution in [0.25, 0.3) is 0 Å². The minimum absolute atomic E-state index is 0.0483. The lowest BCUT2D eigenvalue weighted by Gasteiger charge is -2.26. The van der Waals surface area contributed by atoms with Gasteiger partial charge in [0.05, 0.1) is 12.6 Å². The van der Waals surface area contributed by atoms with Crippen LogP contribution in [0, 0.1) is 10.8 Å². The zero-order valence-corrected chi connectivity index (χ0v) is 9.84. The average molecular weight is 214 g/mol. The number of carbonyl (C=O) groups excluding carboxylic acids is 1. The van der Waals surface area contributed by atoms with Gasteiger partial charge in [0, 0.05) is 12.0 Å². The van der Waals surface area contributed by atoms with E-state index in [1.165, 1.54) is 0 Å². The van der Waals surface area contributed by atoms with E-state index in [0.29, 0.717) is 6.54 Å². The molecule has 0 radical (unpaired) electrons. The Morgan fingerprint density at radius 3 is 2.40 bits per heavy atom. The minimum atomic E-state index is -0.494. The molecule has 0 saturated heterocycles. The van der Waals surface area contributed by atoms with Gasteiger partial charge in [-0.2, -0.15) is 0 Å². The standard InChI is InChI=1S/C11H22N2O2/c1-10(2,3)8(12)9(15)13-6-11(7-14)4-5-11/h8,14H,4-7,12H2,1-3H3,(H,13,15)/t8-/m0/s1. The Morgan fingerprint density at radius 1 is 1.53 bits per heavy atom. The molecule has 0 spiro atoms. The summed E-state index contributed by atoms with van der Waals surface area (Å²) in [6.07, 6.45) is 1.99. The fourth-order valence-corrected chi connectivity index (χ4v) is 1.35. The highest BCUT2D eigenvalue weighted by molar-refractivity contribution is 5.82. The van der Waals surface area contributed by atoms with Gasteiger partial charge in [0.25, 0.3) is 0 Å². The van der Waals surface area contributed by atoms with Crippen molar-refractivity contribution in [2.45, 2.75) is 39.7 Å². The van der Waals surface area contributed by atoms with Crippen LogP contribution in [-0.2, 0) is 4.79 Å². The third-order valence-corrected chi connectivity index (χ3v) is 3.15. The number of hydrogen-bond acceptors (Lipinski definition) is 3. The summed E-state index contributed by atoms with van der Waals surface area (Å²) >= 11 is 0.